The van der Waals surface area contributed by atoms with E-state index in [0.717, 1.165) is 0 Å². The molecule has 0 aromatic heterocycles. The number of hydrogen-bond acceptors (Lipinski definition) is 4. The van der Waals surface area contributed by atoms with E-state index in [1.165, 1.54) is 0 Å². The Kier molecular flexibility index (Phi) is 4.70. The van der Waals surface area contributed by atoms with E-state index < -0.39 is 17.8 Å². The first-order valence-electron chi connectivity index (χ1n) is 5.95. The standard InChI is InChI=1S/C14H16N2O4/c1-14(2,3)20-13(19)16(12(17)18)9-11-6-4-10(8-15)5-7-11/h4-7H,9H2,1-3H3,(H,17,18). The third-order valence-corrected chi connectivity index (χ3v) is 2.27. The number of ether oxygens (including phenoxy) is 1. The van der Waals surface area contributed by atoms with Gasteiger partial charge in [0, 0.05) is 0 Å². The molecule has 0 aliphatic carbocycles. The van der Waals surface area contributed by atoms with Crippen LogP contribution in [0, 0.1) is 11.3 Å². The lowest BCUT2D eigenvalue weighted by atomic mass is 10.1. The first-order valence-corrected chi connectivity index (χ1v) is 5.95. The molecule has 106 valence electrons. The minimum absolute atomic E-state index is 0.129. The molecule has 1 rings (SSSR count). The number of nitrogens with zero attached hydrogens (tertiary/aromatic N) is 2. The van der Waals surface area contributed by atoms with E-state index in [2.05, 4.69) is 0 Å². The van der Waals surface area contributed by atoms with Gasteiger partial charge in [0.2, 0.25) is 0 Å². The predicted octanol–water partition coefficient (Wildman–Crippen LogP) is 2.97. The first kappa shape index (κ1) is 15.5. The second-order valence-corrected chi connectivity index (χ2v) is 5.16. The van der Waals surface area contributed by atoms with Crippen molar-refractivity contribution in [1.82, 2.24) is 4.90 Å². The predicted molar refractivity (Wildman–Crippen MR) is 71.0 cm³/mol. The van der Waals surface area contributed by atoms with Crippen LogP contribution in [0.15, 0.2) is 24.3 Å². The van der Waals surface area contributed by atoms with Crippen molar-refractivity contribution in [3.63, 3.8) is 0 Å². The average Bonchev–Trinajstić information content (AvgIpc) is 2.34. The van der Waals surface area contributed by atoms with Crippen LogP contribution in [0.3, 0.4) is 0 Å². The molecule has 0 radical (unpaired) electrons. The van der Waals surface area contributed by atoms with Crippen LogP contribution in [0.4, 0.5) is 9.59 Å². The number of imide groups is 1. The second-order valence-electron chi connectivity index (χ2n) is 5.16. The zero-order chi connectivity index (χ0) is 15.3. The minimum Gasteiger partial charge on any atom is -0.465 e. The topological polar surface area (TPSA) is 90.6 Å². The molecule has 0 heterocycles. The third kappa shape index (κ3) is 4.61. The quantitative estimate of drug-likeness (QED) is 0.896. The number of carboxylic acid groups (broad SMARTS) is 1. The van der Waals surface area contributed by atoms with Gasteiger partial charge in [-0.2, -0.15) is 5.26 Å². The summed E-state index contributed by atoms with van der Waals surface area (Å²) in [6, 6.07) is 8.27. The molecule has 2 amide bonds. The molecule has 0 unspecified atom stereocenters. The summed E-state index contributed by atoms with van der Waals surface area (Å²) >= 11 is 0. The Morgan fingerprint density at radius 1 is 1.30 bits per heavy atom. The van der Waals surface area contributed by atoms with Gasteiger partial charge in [0.05, 0.1) is 18.2 Å². The highest BCUT2D eigenvalue weighted by Crippen LogP contribution is 2.13. The molecule has 0 aliphatic heterocycles. The Morgan fingerprint density at radius 2 is 1.85 bits per heavy atom. The lowest BCUT2D eigenvalue weighted by molar-refractivity contribution is 0.0255. The number of nitriles is 1. The Labute approximate surface area is 117 Å². The highest BCUT2D eigenvalue weighted by atomic mass is 16.6. The fraction of sp³-hybridized carbons (Fsp3) is 0.357. The molecule has 0 atom stereocenters. The van der Waals surface area contributed by atoms with Gasteiger partial charge < -0.3 is 9.84 Å². The van der Waals surface area contributed by atoms with E-state index in [-0.39, 0.29) is 6.54 Å². The number of hydrogen-bond donors (Lipinski definition) is 1. The summed E-state index contributed by atoms with van der Waals surface area (Å²) in [5.74, 6) is 0. The fourth-order valence-corrected chi connectivity index (χ4v) is 1.39. The highest BCUT2D eigenvalue weighted by molar-refractivity contribution is 5.86. The Morgan fingerprint density at radius 3 is 2.25 bits per heavy atom. The summed E-state index contributed by atoms with van der Waals surface area (Å²) in [4.78, 5) is 23.5. The van der Waals surface area contributed by atoms with Crippen molar-refractivity contribution >= 4 is 12.2 Å². The molecular weight excluding hydrogens is 260 g/mol. The lowest BCUT2D eigenvalue weighted by Gasteiger charge is -2.24. The number of amides is 2. The maximum atomic E-state index is 11.8. The molecule has 0 saturated carbocycles. The number of benzene rings is 1. The van der Waals surface area contributed by atoms with Gasteiger partial charge in [-0.3, -0.25) is 0 Å². The van der Waals surface area contributed by atoms with Crippen molar-refractivity contribution in [1.29, 1.82) is 5.26 Å². The van der Waals surface area contributed by atoms with E-state index >= 15 is 0 Å². The monoisotopic (exact) mass is 276 g/mol. The van der Waals surface area contributed by atoms with Crippen LogP contribution in [-0.4, -0.2) is 27.8 Å². The van der Waals surface area contributed by atoms with Crippen LogP contribution in [0.25, 0.3) is 0 Å². The Hall–Kier alpha value is -2.55. The lowest BCUT2D eigenvalue weighted by Crippen LogP contribution is -2.39. The molecule has 1 aromatic rings. The van der Waals surface area contributed by atoms with Gasteiger partial charge >= 0.3 is 12.2 Å². The van der Waals surface area contributed by atoms with Crippen LogP contribution in [0.5, 0.6) is 0 Å². The summed E-state index contributed by atoms with van der Waals surface area (Å²) in [6.45, 7) is 4.85. The molecule has 20 heavy (non-hydrogen) atoms. The molecular formula is C14H16N2O4. The maximum Gasteiger partial charge on any atom is 0.420 e. The second kappa shape index (κ2) is 6.06. The van der Waals surface area contributed by atoms with Crippen molar-refractivity contribution < 1.29 is 19.4 Å². The summed E-state index contributed by atoms with van der Waals surface area (Å²) in [7, 11) is 0. The number of carbonyl (C=O) groups is 2. The SMILES string of the molecule is CC(C)(C)OC(=O)N(Cc1ccc(C#N)cc1)C(=O)O. The van der Waals surface area contributed by atoms with Crippen LogP contribution in [0.1, 0.15) is 31.9 Å². The van der Waals surface area contributed by atoms with Crippen LogP contribution < -0.4 is 0 Å². The van der Waals surface area contributed by atoms with Gasteiger partial charge in [-0.1, -0.05) is 12.1 Å². The van der Waals surface area contributed by atoms with E-state index in [4.69, 9.17) is 15.1 Å². The normalized spacial score (nSPS) is 10.5. The zero-order valence-electron chi connectivity index (χ0n) is 11.6. The van der Waals surface area contributed by atoms with E-state index in [1.807, 2.05) is 6.07 Å². The molecule has 1 N–H and O–H groups in total. The van der Waals surface area contributed by atoms with E-state index in [0.29, 0.717) is 16.0 Å². The van der Waals surface area contributed by atoms with Gasteiger partial charge in [-0.15, -0.1) is 0 Å². The summed E-state index contributed by atoms with van der Waals surface area (Å²) < 4.78 is 5.03. The van der Waals surface area contributed by atoms with Gasteiger partial charge in [0.15, 0.2) is 0 Å². The fourth-order valence-electron chi connectivity index (χ4n) is 1.39. The van der Waals surface area contributed by atoms with E-state index in [9.17, 15) is 9.59 Å². The van der Waals surface area contributed by atoms with Crippen molar-refractivity contribution in [3.8, 4) is 6.07 Å². The number of rotatable bonds is 2. The molecule has 0 saturated heterocycles. The van der Waals surface area contributed by atoms with Crippen molar-refractivity contribution in [2.75, 3.05) is 0 Å². The highest BCUT2D eigenvalue weighted by Gasteiger charge is 2.26. The van der Waals surface area contributed by atoms with Crippen molar-refractivity contribution in [2.45, 2.75) is 32.9 Å². The van der Waals surface area contributed by atoms with Gasteiger partial charge in [-0.25, -0.2) is 14.5 Å². The maximum absolute atomic E-state index is 11.8. The molecule has 1 aromatic carbocycles. The summed E-state index contributed by atoms with van der Waals surface area (Å²) in [5, 5.41) is 17.8. The van der Waals surface area contributed by atoms with Crippen molar-refractivity contribution in [3.05, 3.63) is 35.4 Å². The smallest absolute Gasteiger partial charge is 0.420 e. The third-order valence-electron chi connectivity index (χ3n) is 2.27. The summed E-state index contributed by atoms with van der Waals surface area (Å²) in [5.41, 5.74) is 0.292. The molecule has 6 nitrogen and oxygen atoms in total. The molecule has 0 bridgehead atoms. The zero-order valence-corrected chi connectivity index (χ0v) is 11.6. The van der Waals surface area contributed by atoms with Gasteiger partial charge in [0.1, 0.15) is 5.60 Å². The van der Waals surface area contributed by atoms with Crippen LogP contribution in [0.2, 0.25) is 0 Å². The van der Waals surface area contributed by atoms with Crippen LogP contribution in [-0.2, 0) is 11.3 Å². The Balaban J connectivity index is 2.84. The van der Waals surface area contributed by atoms with Crippen LogP contribution >= 0.6 is 0 Å². The largest absolute Gasteiger partial charge is 0.465 e. The van der Waals surface area contributed by atoms with Crippen molar-refractivity contribution in [2.24, 2.45) is 0 Å². The van der Waals surface area contributed by atoms with Gasteiger partial charge in [-0.05, 0) is 38.5 Å². The molecule has 0 spiro atoms. The van der Waals surface area contributed by atoms with E-state index in [1.54, 1.807) is 45.0 Å². The summed E-state index contributed by atoms with van der Waals surface area (Å²) in [6.07, 6.45) is -2.31. The number of carbonyl (C=O) groups excluding carboxylic acids is 1. The average molecular weight is 276 g/mol. The molecule has 6 heteroatoms. The molecule has 0 fully saturated rings. The minimum atomic E-state index is -1.39. The molecule has 0 aliphatic rings. The first-order chi connectivity index (χ1) is 9.23. The van der Waals surface area contributed by atoms with Gasteiger partial charge in [0.25, 0.3) is 0 Å². The Bertz CT molecular complexity index is 538.